The SMILES string of the molecule is CN1C(=O)C[C@@H](C(=O)Nc2ccccc2Cl)SC1=Nc1ccc(I)cc1. The predicted octanol–water partition coefficient (Wildman–Crippen LogP) is 4.53. The van der Waals surface area contributed by atoms with Crippen molar-refractivity contribution in [1.29, 1.82) is 0 Å². The number of anilines is 1. The average molecular weight is 500 g/mol. The average Bonchev–Trinajstić information content (AvgIpc) is 2.62. The van der Waals surface area contributed by atoms with Gasteiger partial charge in [-0.1, -0.05) is 35.5 Å². The fraction of sp³-hybridized carbons (Fsp3) is 0.167. The Morgan fingerprint density at radius 3 is 2.65 bits per heavy atom. The lowest BCUT2D eigenvalue weighted by atomic mass is 10.2. The first-order valence-electron chi connectivity index (χ1n) is 7.77. The highest BCUT2D eigenvalue weighted by Gasteiger charge is 2.34. The summed E-state index contributed by atoms with van der Waals surface area (Å²) < 4.78 is 1.10. The summed E-state index contributed by atoms with van der Waals surface area (Å²) in [5, 5.41) is 3.19. The number of nitrogens with zero attached hydrogens (tertiary/aromatic N) is 2. The highest BCUT2D eigenvalue weighted by Crippen LogP contribution is 2.30. The van der Waals surface area contributed by atoms with Crippen LogP contribution in [-0.2, 0) is 9.59 Å². The summed E-state index contributed by atoms with van der Waals surface area (Å²) in [6, 6.07) is 14.6. The molecule has 1 aliphatic heterocycles. The number of rotatable bonds is 3. The lowest BCUT2D eigenvalue weighted by Crippen LogP contribution is -2.43. The van der Waals surface area contributed by atoms with Crippen LogP contribution in [0.2, 0.25) is 5.02 Å². The molecule has 0 aliphatic carbocycles. The lowest BCUT2D eigenvalue weighted by Gasteiger charge is -2.28. The van der Waals surface area contributed by atoms with Crippen LogP contribution >= 0.6 is 46.0 Å². The van der Waals surface area contributed by atoms with E-state index in [0.717, 1.165) is 9.26 Å². The smallest absolute Gasteiger partial charge is 0.238 e. The normalized spacial score (nSPS) is 18.9. The molecule has 26 heavy (non-hydrogen) atoms. The number of carbonyl (C=O) groups excluding carboxylic acids is 2. The van der Waals surface area contributed by atoms with Crippen LogP contribution in [0.4, 0.5) is 11.4 Å². The van der Waals surface area contributed by atoms with Crippen LogP contribution in [0.15, 0.2) is 53.5 Å². The number of benzene rings is 2. The van der Waals surface area contributed by atoms with Crippen LogP contribution in [0.1, 0.15) is 6.42 Å². The van der Waals surface area contributed by atoms with E-state index < -0.39 is 5.25 Å². The van der Waals surface area contributed by atoms with Gasteiger partial charge in [-0.15, -0.1) is 0 Å². The van der Waals surface area contributed by atoms with E-state index in [9.17, 15) is 9.59 Å². The maximum absolute atomic E-state index is 12.6. The highest BCUT2D eigenvalue weighted by atomic mass is 127. The molecule has 0 radical (unpaired) electrons. The molecular weight excluding hydrogens is 485 g/mol. The van der Waals surface area contributed by atoms with E-state index in [4.69, 9.17) is 11.6 Å². The van der Waals surface area contributed by atoms with Crippen LogP contribution in [0, 0.1) is 3.57 Å². The van der Waals surface area contributed by atoms with Crippen molar-refractivity contribution in [3.05, 3.63) is 57.1 Å². The van der Waals surface area contributed by atoms with Gasteiger partial charge in [0.1, 0.15) is 5.25 Å². The summed E-state index contributed by atoms with van der Waals surface area (Å²) in [7, 11) is 1.67. The minimum Gasteiger partial charge on any atom is -0.324 e. The Bertz CT molecular complexity index is 873. The molecule has 2 aromatic carbocycles. The zero-order valence-corrected chi connectivity index (χ0v) is 17.5. The second-order valence-electron chi connectivity index (χ2n) is 5.60. The van der Waals surface area contributed by atoms with Crippen molar-refractivity contribution in [3.8, 4) is 0 Å². The van der Waals surface area contributed by atoms with Gasteiger partial charge in [-0.05, 0) is 59.0 Å². The van der Waals surface area contributed by atoms with E-state index in [1.165, 1.54) is 16.7 Å². The standard InChI is InChI=1S/C18H15ClIN3O2S/c1-23-16(24)10-15(17(25)22-14-5-3-2-4-13(14)19)26-18(23)21-12-8-6-11(20)7-9-12/h2-9,15H,10H2,1H3,(H,22,25)/t15-/m0/s1. The number of carbonyl (C=O) groups is 2. The Hall–Kier alpha value is -1.58. The van der Waals surface area contributed by atoms with E-state index in [-0.39, 0.29) is 18.2 Å². The first-order valence-corrected chi connectivity index (χ1v) is 10.1. The van der Waals surface area contributed by atoms with Gasteiger partial charge in [0.05, 0.1) is 16.4 Å². The molecule has 1 aliphatic rings. The number of halogens is 2. The van der Waals surface area contributed by atoms with Gasteiger partial charge >= 0.3 is 0 Å². The third-order valence-corrected chi connectivity index (χ3v) is 6.03. The molecule has 0 bridgehead atoms. The van der Waals surface area contributed by atoms with E-state index in [2.05, 4.69) is 32.9 Å². The second-order valence-corrected chi connectivity index (χ2v) is 8.43. The Morgan fingerprint density at radius 2 is 1.96 bits per heavy atom. The number of amides is 2. The van der Waals surface area contributed by atoms with Crippen LogP contribution in [0.5, 0.6) is 0 Å². The quantitative estimate of drug-likeness (QED) is 0.631. The number of thioether (sulfide) groups is 1. The monoisotopic (exact) mass is 499 g/mol. The van der Waals surface area contributed by atoms with Gasteiger partial charge in [0.15, 0.2) is 5.17 Å². The number of hydrogen-bond acceptors (Lipinski definition) is 4. The molecule has 0 unspecified atom stereocenters. The summed E-state index contributed by atoms with van der Waals surface area (Å²) in [5.41, 5.74) is 1.27. The van der Waals surface area contributed by atoms with Gasteiger partial charge in [-0.25, -0.2) is 4.99 Å². The molecule has 1 heterocycles. The molecule has 1 fully saturated rings. The Labute approximate surface area is 174 Å². The van der Waals surface area contributed by atoms with Crippen molar-refractivity contribution in [2.24, 2.45) is 4.99 Å². The molecule has 1 saturated heterocycles. The molecule has 0 saturated carbocycles. The maximum atomic E-state index is 12.6. The van der Waals surface area contributed by atoms with Crippen molar-refractivity contribution >= 4 is 74.3 Å². The Kier molecular flexibility index (Phi) is 6.20. The third kappa shape index (κ3) is 4.57. The van der Waals surface area contributed by atoms with Crippen LogP contribution in [0.3, 0.4) is 0 Å². The van der Waals surface area contributed by atoms with Crippen molar-refractivity contribution < 1.29 is 9.59 Å². The molecular formula is C18H15ClIN3O2S. The Morgan fingerprint density at radius 1 is 1.27 bits per heavy atom. The summed E-state index contributed by atoms with van der Waals surface area (Å²) in [6.07, 6.45) is 0.114. The number of para-hydroxylation sites is 1. The van der Waals surface area contributed by atoms with Crippen molar-refractivity contribution in [2.45, 2.75) is 11.7 Å². The van der Waals surface area contributed by atoms with Crippen LogP contribution in [0.25, 0.3) is 0 Å². The van der Waals surface area contributed by atoms with E-state index in [0.29, 0.717) is 15.9 Å². The van der Waals surface area contributed by atoms with E-state index in [1.54, 1.807) is 31.3 Å². The zero-order chi connectivity index (χ0) is 18.7. The van der Waals surface area contributed by atoms with Gasteiger partial charge in [-0.3, -0.25) is 14.5 Å². The number of hydrogen-bond donors (Lipinski definition) is 1. The second kappa shape index (κ2) is 8.41. The first-order chi connectivity index (χ1) is 12.4. The lowest BCUT2D eigenvalue weighted by molar-refractivity contribution is -0.128. The Balaban J connectivity index is 1.79. The summed E-state index contributed by atoms with van der Waals surface area (Å²) in [5.74, 6) is -0.410. The molecule has 1 atom stereocenters. The molecule has 2 aromatic rings. The predicted molar refractivity (Wildman–Crippen MR) is 115 cm³/mol. The number of aliphatic imine (C=N–C) groups is 1. The molecule has 1 N–H and O–H groups in total. The molecule has 3 rings (SSSR count). The summed E-state index contributed by atoms with van der Waals surface area (Å²) >= 11 is 9.58. The van der Waals surface area contributed by atoms with Gasteiger partial charge in [0.2, 0.25) is 11.8 Å². The van der Waals surface area contributed by atoms with Gasteiger partial charge in [-0.2, -0.15) is 0 Å². The molecule has 2 amide bonds. The first kappa shape index (κ1) is 19.2. The highest BCUT2D eigenvalue weighted by molar-refractivity contribution is 14.1. The number of amidine groups is 1. The van der Waals surface area contributed by atoms with Gasteiger partial charge in [0, 0.05) is 17.0 Å². The maximum Gasteiger partial charge on any atom is 0.238 e. The topological polar surface area (TPSA) is 61.8 Å². The van der Waals surface area contributed by atoms with Crippen LogP contribution < -0.4 is 5.32 Å². The molecule has 8 heteroatoms. The zero-order valence-electron chi connectivity index (χ0n) is 13.8. The van der Waals surface area contributed by atoms with Crippen molar-refractivity contribution in [1.82, 2.24) is 4.90 Å². The third-order valence-electron chi connectivity index (χ3n) is 3.74. The minimum atomic E-state index is -0.558. The fourth-order valence-corrected chi connectivity index (χ4v) is 3.91. The van der Waals surface area contributed by atoms with Gasteiger partial charge < -0.3 is 5.32 Å². The van der Waals surface area contributed by atoms with Gasteiger partial charge in [0.25, 0.3) is 0 Å². The molecule has 0 spiro atoms. The van der Waals surface area contributed by atoms with Crippen molar-refractivity contribution in [3.63, 3.8) is 0 Å². The van der Waals surface area contributed by atoms with E-state index >= 15 is 0 Å². The molecule has 5 nitrogen and oxygen atoms in total. The largest absolute Gasteiger partial charge is 0.324 e. The van der Waals surface area contributed by atoms with E-state index in [1.807, 2.05) is 24.3 Å². The summed E-state index contributed by atoms with van der Waals surface area (Å²) in [6.45, 7) is 0. The molecule has 0 aromatic heterocycles. The number of nitrogens with one attached hydrogen (secondary N) is 1. The molecule has 134 valence electrons. The summed E-state index contributed by atoms with van der Waals surface area (Å²) in [4.78, 5) is 30.9. The van der Waals surface area contributed by atoms with Crippen molar-refractivity contribution in [2.75, 3.05) is 12.4 Å². The van der Waals surface area contributed by atoms with Crippen LogP contribution in [-0.4, -0.2) is 34.2 Å². The minimum absolute atomic E-state index is 0.114. The fourth-order valence-electron chi connectivity index (χ4n) is 2.30.